The number of pyridine rings is 2. The molecule has 0 aliphatic rings. The molecule has 1 amide bonds. The van der Waals surface area contributed by atoms with Crippen molar-refractivity contribution in [1.82, 2.24) is 15.0 Å². The molecule has 0 saturated carbocycles. The summed E-state index contributed by atoms with van der Waals surface area (Å²) in [6.07, 6.45) is 0.569. The lowest BCUT2D eigenvalue weighted by Gasteiger charge is -2.12. The van der Waals surface area contributed by atoms with Gasteiger partial charge in [-0.25, -0.2) is 4.98 Å². The molecule has 9 heteroatoms. The molecule has 3 heterocycles. The maximum atomic E-state index is 13.0. The first-order valence-corrected chi connectivity index (χ1v) is 10.5. The Morgan fingerprint density at radius 3 is 2.54 bits per heavy atom. The minimum atomic E-state index is -4.53. The van der Waals surface area contributed by atoms with Crippen LogP contribution in [0.1, 0.15) is 15.9 Å². The van der Waals surface area contributed by atoms with Gasteiger partial charge >= 0.3 is 6.18 Å². The standard InChI is InChI=1S/C26H17F3N4O2/c27-26(28,29)18-4-1-3-17(13-18)25(34)32-19-5-2-6-20(14-19)35-23-15-22(16-7-10-30-11-8-16)33-24-21(23)9-12-31-24/h1-15H,(H,31,33)(H,32,34). The molecule has 0 aliphatic carbocycles. The van der Waals surface area contributed by atoms with Gasteiger partial charge in [0.05, 0.1) is 16.6 Å². The number of H-pyrrole nitrogens is 1. The van der Waals surface area contributed by atoms with Gasteiger partial charge in [0.25, 0.3) is 5.91 Å². The molecule has 174 valence electrons. The minimum absolute atomic E-state index is 0.101. The number of aromatic nitrogens is 3. The number of hydrogen-bond donors (Lipinski definition) is 2. The molecular weight excluding hydrogens is 457 g/mol. The molecule has 0 fully saturated rings. The van der Waals surface area contributed by atoms with E-state index in [1.165, 1.54) is 12.1 Å². The van der Waals surface area contributed by atoms with Crippen molar-refractivity contribution in [2.45, 2.75) is 6.18 Å². The molecule has 0 bridgehead atoms. The van der Waals surface area contributed by atoms with Crippen LogP contribution < -0.4 is 10.1 Å². The van der Waals surface area contributed by atoms with E-state index in [2.05, 4.69) is 20.3 Å². The number of rotatable bonds is 5. The van der Waals surface area contributed by atoms with Gasteiger partial charge in [-0.2, -0.15) is 13.2 Å². The zero-order valence-electron chi connectivity index (χ0n) is 18.0. The van der Waals surface area contributed by atoms with Crippen LogP contribution >= 0.6 is 0 Å². The van der Waals surface area contributed by atoms with Crippen molar-refractivity contribution in [2.75, 3.05) is 5.32 Å². The number of amides is 1. The lowest BCUT2D eigenvalue weighted by molar-refractivity contribution is -0.137. The van der Waals surface area contributed by atoms with Crippen LogP contribution in [0.2, 0.25) is 0 Å². The fourth-order valence-electron chi connectivity index (χ4n) is 3.57. The van der Waals surface area contributed by atoms with E-state index in [-0.39, 0.29) is 5.56 Å². The summed E-state index contributed by atoms with van der Waals surface area (Å²) in [6.45, 7) is 0. The number of halogens is 3. The zero-order valence-corrected chi connectivity index (χ0v) is 18.0. The average Bonchev–Trinajstić information content (AvgIpc) is 3.34. The van der Waals surface area contributed by atoms with Crippen LogP contribution in [0, 0.1) is 0 Å². The van der Waals surface area contributed by atoms with Gasteiger partial charge in [0.15, 0.2) is 0 Å². The van der Waals surface area contributed by atoms with Crippen LogP contribution in [-0.2, 0) is 6.18 Å². The Morgan fingerprint density at radius 2 is 1.74 bits per heavy atom. The predicted molar refractivity (Wildman–Crippen MR) is 125 cm³/mol. The van der Waals surface area contributed by atoms with Gasteiger partial charge in [0.2, 0.25) is 0 Å². The Bertz CT molecular complexity index is 1510. The van der Waals surface area contributed by atoms with Crippen molar-refractivity contribution in [3.63, 3.8) is 0 Å². The first-order valence-electron chi connectivity index (χ1n) is 10.5. The Hall–Kier alpha value is -4.66. The van der Waals surface area contributed by atoms with Gasteiger partial charge in [0, 0.05) is 47.5 Å². The summed E-state index contributed by atoms with van der Waals surface area (Å²) in [4.78, 5) is 24.3. The zero-order chi connectivity index (χ0) is 24.4. The van der Waals surface area contributed by atoms with Crippen molar-refractivity contribution in [3.05, 3.63) is 103 Å². The molecule has 2 aromatic carbocycles. The Morgan fingerprint density at radius 1 is 0.943 bits per heavy atom. The summed E-state index contributed by atoms with van der Waals surface area (Å²) in [5, 5.41) is 3.39. The molecule has 5 rings (SSSR count). The lowest BCUT2D eigenvalue weighted by Crippen LogP contribution is -2.13. The maximum absolute atomic E-state index is 13.0. The Labute approximate surface area is 197 Å². The molecule has 6 nitrogen and oxygen atoms in total. The number of benzene rings is 2. The number of hydrogen-bond acceptors (Lipinski definition) is 4. The van der Waals surface area contributed by atoms with E-state index in [1.807, 2.05) is 18.2 Å². The van der Waals surface area contributed by atoms with Gasteiger partial charge < -0.3 is 15.0 Å². The SMILES string of the molecule is O=C(Nc1cccc(Oc2cc(-c3ccncc3)nc3[nH]ccc23)c1)c1cccc(C(F)(F)F)c1. The third kappa shape index (κ3) is 4.84. The second-order valence-electron chi connectivity index (χ2n) is 7.64. The number of nitrogens with one attached hydrogen (secondary N) is 2. The number of aromatic amines is 1. The largest absolute Gasteiger partial charge is 0.456 e. The van der Waals surface area contributed by atoms with Crippen molar-refractivity contribution in [2.24, 2.45) is 0 Å². The first-order chi connectivity index (χ1) is 16.9. The highest BCUT2D eigenvalue weighted by Gasteiger charge is 2.30. The van der Waals surface area contributed by atoms with E-state index >= 15 is 0 Å². The number of ether oxygens (including phenoxy) is 1. The number of carbonyl (C=O) groups excluding carboxylic acids is 1. The topological polar surface area (TPSA) is 79.9 Å². The van der Waals surface area contributed by atoms with Crippen molar-refractivity contribution < 1.29 is 22.7 Å². The van der Waals surface area contributed by atoms with Gasteiger partial charge in [-0.15, -0.1) is 0 Å². The number of carbonyl (C=O) groups is 1. The van der Waals surface area contributed by atoms with Crippen LogP contribution in [0.15, 0.2) is 91.4 Å². The van der Waals surface area contributed by atoms with Crippen LogP contribution in [0.4, 0.5) is 18.9 Å². The number of nitrogens with zero attached hydrogens (tertiary/aromatic N) is 2. The number of anilines is 1. The molecule has 2 N–H and O–H groups in total. The van der Waals surface area contributed by atoms with E-state index in [0.29, 0.717) is 28.5 Å². The smallest absolute Gasteiger partial charge is 0.416 e. The number of fused-ring (bicyclic) bond motifs is 1. The Kier molecular flexibility index (Phi) is 5.66. The maximum Gasteiger partial charge on any atom is 0.416 e. The fraction of sp³-hybridized carbons (Fsp3) is 0.0385. The molecule has 0 spiro atoms. The molecule has 0 unspecified atom stereocenters. The summed E-state index contributed by atoms with van der Waals surface area (Å²) in [5.74, 6) is 0.316. The van der Waals surface area contributed by atoms with Crippen LogP contribution in [-0.4, -0.2) is 20.9 Å². The molecule has 0 atom stereocenters. The van der Waals surface area contributed by atoms with Crippen molar-refractivity contribution >= 4 is 22.6 Å². The fourth-order valence-corrected chi connectivity index (χ4v) is 3.57. The summed E-state index contributed by atoms with van der Waals surface area (Å²) in [7, 11) is 0. The van der Waals surface area contributed by atoms with Crippen LogP contribution in [0.3, 0.4) is 0 Å². The molecule has 35 heavy (non-hydrogen) atoms. The average molecular weight is 474 g/mol. The third-order valence-corrected chi connectivity index (χ3v) is 5.24. The highest BCUT2D eigenvalue weighted by molar-refractivity contribution is 6.04. The van der Waals surface area contributed by atoms with Gasteiger partial charge in [-0.05, 0) is 48.5 Å². The van der Waals surface area contributed by atoms with E-state index in [1.54, 1.807) is 48.9 Å². The first kappa shape index (κ1) is 22.1. The summed E-state index contributed by atoms with van der Waals surface area (Å²) in [6, 6.07) is 18.2. The van der Waals surface area contributed by atoms with Gasteiger partial charge in [-0.1, -0.05) is 12.1 Å². The van der Waals surface area contributed by atoms with Crippen molar-refractivity contribution in [3.8, 4) is 22.8 Å². The van der Waals surface area contributed by atoms with E-state index in [9.17, 15) is 18.0 Å². The molecule has 5 aromatic rings. The van der Waals surface area contributed by atoms with E-state index in [0.717, 1.165) is 23.1 Å². The monoisotopic (exact) mass is 474 g/mol. The lowest BCUT2D eigenvalue weighted by atomic mass is 10.1. The second-order valence-corrected chi connectivity index (χ2v) is 7.64. The van der Waals surface area contributed by atoms with Crippen LogP contribution in [0.25, 0.3) is 22.3 Å². The van der Waals surface area contributed by atoms with E-state index in [4.69, 9.17) is 4.74 Å². The molecule has 3 aromatic heterocycles. The minimum Gasteiger partial charge on any atom is -0.456 e. The highest BCUT2D eigenvalue weighted by Crippen LogP contribution is 2.34. The van der Waals surface area contributed by atoms with E-state index < -0.39 is 17.6 Å². The summed E-state index contributed by atoms with van der Waals surface area (Å²) >= 11 is 0. The van der Waals surface area contributed by atoms with Gasteiger partial charge in [0.1, 0.15) is 17.1 Å². The summed E-state index contributed by atoms with van der Waals surface area (Å²) in [5.41, 5.74) is 1.58. The van der Waals surface area contributed by atoms with Crippen molar-refractivity contribution in [1.29, 1.82) is 0 Å². The van der Waals surface area contributed by atoms with Crippen LogP contribution in [0.5, 0.6) is 11.5 Å². The van der Waals surface area contributed by atoms with Gasteiger partial charge in [-0.3, -0.25) is 9.78 Å². The highest BCUT2D eigenvalue weighted by atomic mass is 19.4. The molecule has 0 saturated heterocycles. The second kappa shape index (κ2) is 8.94. The predicted octanol–water partition coefficient (Wildman–Crippen LogP) is 6.69. The summed E-state index contributed by atoms with van der Waals surface area (Å²) < 4.78 is 45.1. The Balaban J connectivity index is 1.40. The molecule has 0 radical (unpaired) electrons. The molecule has 0 aliphatic heterocycles. The normalized spacial score (nSPS) is 11.4. The molecular formula is C26H17F3N4O2. The quantitative estimate of drug-likeness (QED) is 0.298. The number of alkyl halides is 3. The third-order valence-electron chi connectivity index (χ3n) is 5.24.